The van der Waals surface area contributed by atoms with Crippen molar-refractivity contribution in [3.8, 4) is 0 Å². The minimum absolute atomic E-state index is 0.148. The first-order chi connectivity index (χ1) is 5.57. The Balaban J connectivity index is 3.52. The van der Waals surface area contributed by atoms with Crippen LogP contribution >= 0.6 is 0 Å². The molecular formula is C9H19NO2. The molecule has 0 spiro atoms. The van der Waals surface area contributed by atoms with Crippen molar-refractivity contribution in [2.24, 2.45) is 5.92 Å². The molecule has 0 aliphatic heterocycles. The smallest absolute Gasteiger partial charge is 0.306 e. The van der Waals surface area contributed by atoms with Crippen molar-refractivity contribution in [2.45, 2.75) is 26.2 Å². The Kier molecular flexibility index (Phi) is 5.72. The molecule has 3 heteroatoms. The van der Waals surface area contributed by atoms with Gasteiger partial charge in [-0.15, -0.1) is 0 Å². The molecule has 0 bridgehead atoms. The molecule has 0 fully saturated rings. The molecule has 0 aliphatic carbocycles. The van der Waals surface area contributed by atoms with Crippen LogP contribution in [0.4, 0.5) is 0 Å². The van der Waals surface area contributed by atoms with E-state index in [-0.39, 0.29) is 5.92 Å². The van der Waals surface area contributed by atoms with E-state index in [2.05, 4.69) is 4.90 Å². The molecule has 0 radical (unpaired) electrons. The molecule has 0 aromatic rings. The lowest BCUT2D eigenvalue weighted by atomic mass is 10.0. The monoisotopic (exact) mass is 173 g/mol. The second-order valence-electron chi connectivity index (χ2n) is 3.39. The molecule has 0 heterocycles. The normalized spacial score (nSPS) is 13.3. The van der Waals surface area contributed by atoms with Gasteiger partial charge in [0.15, 0.2) is 0 Å². The Morgan fingerprint density at radius 3 is 2.42 bits per heavy atom. The van der Waals surface area contributed by atoms with Gasteiger partial charge in [0, 0.05) is 0 Å². The molecule has 3 nitrogen and oxygen atoms in total. The zero-order chi connectivity index (χ0) is 9.56. The van der Waals surface area contributed by atoms with Gasteiger partial charge in [-0.25, -0.2) is 0 Å². The van der Waals surface area contributed by atoms with Crippen molar-refractivity contribution in [3.05, 3.63) is 0 Å². The molecule has 0 saturated carbocycles. The Bertz CT molecular complexity index is 134. The maximum atomic E-state index is 10.6. The molecule has 1 atom stereocenters. The van der Waals surface area contributed by atoms with Crippen molar-refractivity contribution >= 4 is 5.97 Å². The highest BCUT2D eigenvalue weighted by Crippen LogP contribution is 2.10. The maximum absolute atomic E-state index is 10.6. The van der Waals surface area contributed by atoms with Crippen LogP contribution in [0.3, 0.4) is 0 Å². The second kappa shape index (κ2) is 6.00. The van der Waals surface area contributed by atoms with E-state index < -0.39 is 5.97 Å². The summed E-state index contributed by atoms with van der Waals surface area (Å²) >= 11 is 0. The molecule has 0 saturated heterocycles. The maximum Gasteiger partial charge on any atom is 0.306 e. The number of aliphatic carboxylic acids is 1. The lowest BCUT2D eigenvalue weighted by Crippen LogP contribution is -2.17. The first-order valence-corrected chi connectivity index (χ1v) is 4.45. The van der Waals surface area contributed by atoms with E-state index in [0.717, 1.165) is 25.8 Å². The molecule has 12 heavy (non-hydrogen) atoms. The quantitative estimate of drug-likeness (QED) is 0.660. The van der Waals surface area contributed by atoms with Crippen LogP contribution in [0.25, 0.3) is 0 Å². The molecule has 72 valence electrons. The molecule has 1 unspecified atom stereocenters. The first-order valence-electron chi connectivity index (χ1n) is 4.45. The van der Waals surface area contributed by atoms with E-state index in [0.29, 0.717) is 0 Å². The zero-order valence-electron chi connectivity index (χ0n) is 8.21. The topological polar surface area (TPSA) is 40.5 Å². The van der Waals surface area contributed by atoms with Gasteiger partial charge in [-0.3, -0.25) is 4.79 Å². The third-order valence-corrected chi connectivity index (χ3v) is 2.00. The number of carbonyl (C=O) groups is 1. The van der Waals surface area contributed by atoms with E-state index in [4.69, 9.17) is 5.11 Å². The average Bonchev–Trinajstić information content (AvgIpc) is 1.96. The van der Waals surface area contributed by atoms with Crippen molar-refractivity contribution in [1.82, 2.24) is 4.90 Å². The summed E-state index contributed by atoms with van der Waals surface area (Å²) in [6.45, 7) is 2.90. The summed E-state index contributed by atoms with van der Waals surface area (Å²) in [5, 5.41) is 8.72. The fraction of sp³-hybridized carbons (Fsp3) is 0.889. The molecule has 0 aromatic heterocycles. The van der Waals surface area contributed by atoms with E-state index in [1.807, 2.05) is 21.0 Å². The lowest BCUT2D eigenvalue weighted by Gasteiger charge is -2.12. The Hall–Kier alpha value is -0.570. The third-order valence-electron chi connectivity index (χ3n) is 2.00. The van der Waals surface area contributed by atoms with Gasteiger partial charge in [-0.1, -0.05) is 6.92 Å². The number of nitrogens with zero attached hydrogens (tertiary/aromatic N) is 1. The van der Waals surface area contributed by atoms with Crippen LogP contribution < -0.4 is 0 Å². The predicted octanol–water partition coefficient (Wildman–Crippen LogP) is 1.44. The number of rotatable bonds is 6. The molecule has 0 rings (SSSR count). The second-order valence-corrected chi connectivity index (χ2v) is 3.39. The highest BCUT2D eigenvalue weighted by atomic mass is 16.4. The highest BCUT2D eigenvalue weighted by molar-refractivity contribution is 5.69. The molecule has 1 N–H and O–H groups in total. The fourth-order valence-corrected chi connectivity index (χ4v) is 1.16. The van der Waals surface area contributed by atoms with Gasteiger partial charge in [-0.2, -0.15) is 0 Å². The summed E-state index contributed by atoms with van der Waals surface area (Å²) in [5.41, 5.74) is 0. The molecule has 0 amide bonds. The summed E-state index contributed by atoms with van der Waals surface area (Å²) in [5.74, 6) is -0.804. The summed E-state index contributed by atoms with van der Waals surface area (Å²) in [6.07, 6.45) is 2.50. The lowest BCUT2D eigenvalue weighted by molar-refractivity contribution is -0.142. The standard InChI is InChI=1S/C9H19NO2/c1-4-8(9(11)12)6-5-7-10(2)3/h8H,4-7H2,1-3H3,(H,11,12). The van der Waals surface area contributed by atoms with E-state index in [9.17, 15) is 4.79 Å². The van der Waals surface area contributed by atoms with Crippen molar-refractivity contribution in [2.75, 3.05) is 20.6 Å². The van der Waals surface area contributed by atoms with E-state index in [1.54, 1.807) is 0 Å². The SMILES string of the molecule is CCC(CCCN(C)C)C(=O)O. The van der Waals surface area contributed by atoms with Gasteiger partial charge in [0.1, 0.15) is 0 Å². The zero-order valence-corrected chi connectivity index (χ0v) is 8.21. The van der Waals surface area contributed by atoms with Crippen LogP contribution in [0.5, 0.6) is 0 Å². The first kappa shape index (κ1) is 11.4. The third kappa shape index (κ3) is 5.13. The van der Waals surface area contributed by atoms with Crippen molar-refractivity contribution < 1.29 is 9.90 Å². The van der Waals surface area contributed by atoms with E-state index >= 15 is 0 Å². The van der Waals surface area contributed by atoms with Crippen molar-refractivity contribution in [1.29, 1.82) is 0 Å². The molecular weight excluding hydrogens is 154 g/mol. The van der Waals surface area contributed by atoms with Crippen molar-refractivity contribution in [3.63, 3.8) is 0 Å². The number of hydrogen-bond acceptors (Lipinski definition) is 2. The van der Waals surface area contributed by atoms with Gasteiger partial charge >= 0.3 is 5.97 Å². The van der Waals surface area contributed by atoms with Gasteiger partial charge in [0.25, 0.3) is 0 Å². The number of carboxylic acids is 1. The number of carboxylic acid groups (broad SMARTS) is 1. The predicted molar refractivity (Wildman–Crippen MR) is 49.2 cm³/mol. The van der Waals surface area contributed by atoms with Crippen LogP contribution in [0, 0.1) is 5.92 Å². The summed E-state index contributed by atoms with van der Waals surface area (Å²) < 4.78 is 0. The highest BCUT2D eigenvalue weighted by Gasteiger charge is 2.13. The summed E-state index contributed by atoms with van der Waals surface area (Å²) in [4.78, 5) is 12.7. The average molecular weight is 173 g/mol. The Morgan fingerprint density at radius 2 is 2.08 bits per heavy atom. The molecule has 0 aliphatic rings. The number of hydrogen-bond donors (Lipinski definition) is 1. The molecule has 0 aromatic carbocycles. The summed E-state index contributed by atoms with van der Waals surface area (Å²) in [6, 6.07) is 0. The van der Waals surface area contributed by atoms with Crippen LogP contribution in [0.15, 0.2) is 0 Å². The van der Waals surface area contributed by atoms with Gasteiger partial charge in [0.2, 0.25) is 0 Å². The Labute approximate surface area is 74.4 Å². The van der Waals surface area contributed by atoms with Gasteiger partial charge in [0.05, 0.1) is 5.92 Å². The van der Waals surface area contributed by atoms with Gasteiger partial charge < -0.3 is 10.0 Å². The minimum Gasteiger partial charge on any atom is -0.481 e. The van der Waals surface area contributed by atoms with Crippen LogP contribution in [0.2, 0.25) is 0 Å². The van der Waals surface area contributed by atoms with Crippen LogP contribution in [0.1, 0.15) is 26.2 Å². The van der Waals surface area contributed by atoms with Gasteiger partial charge in [-0.05, 0) is 39.9 Å². The summed E-state index contributed by atoms with van der Waals surface area (Å²) in [7, 11) is 4.00. The Morgan fingerprint density at radius 1 is 1.50 bits per heavy atom. The van der Waals surface area contributed by atoms with Crippen LogP contribution in [-0.4, -0.2) is 36.6 Å². The largest absolute Gasteiger partial charge is 0.481 e. The fourth-order valence-electron chi connectivity index (χ4n) is 1.16. The van der Waals surface area contributed by atoms with E-state index in [1.165, 1.54) is 0 Å². The van der Waals surface area contributed by atoms with Crippen LogP contribution in [-0.2, 0) is 4.79 Å². The minimum atomic E-state index is -0.656.